The minimum atomic E-state index is -0.507. The van der Waals surface area contributed by atoms with E-state index in [-0.39, 0.29) is 11.8 Å². The number of rotatable bonds is 4. The Hall–Kier alpha value is -3.68. The number of fused-ring (bicyclic) bond motifs is 1. The van der Waals surface area contributed by atoms with Gasteiger partial charge in [-0.25, -0.2) is 14.2 Å². The highest BCUT2D eigenvalue weighted by Gasteiger charge is 2.13. The lowest BCUT2D eigenvalue weighted by Crippen LogP contribution is -2.05. The average molecular weight is 393 g/mol. The Morgan fingerprint density at radius 2 is 1.83 bits per heavy atom. The molecule has 0 amide bonds. The number of benzene rings is 2. The van der Waals surface area contributed by atoms with E-state index in [1.807, 2.05) is 20.8 Å². The van der Waals surface area contributed by atoms with E-state index in [4.69, 9.17) is 4.42 Å². The standard InChI is InChI=1S/C21H20FN5O2/c1-10-7-16(18(22)13(4)12(10)3)25-20-23-9-11(2)19(27-20)24-14-5-6-17-15(8-14)26-21(28)29-17/h5-9H,1-4H3,(H,26,28)(H2,23,24,25,27). The molecule has 2 aromatic carbocycles. The molecule has 0 spiro atoms. The van der Waals surface area contributed by atoms with Crippen molar-refractivity contribution in [3.8, 4) is 0 Å². The first-order valence-corrected chi connectivity index (χ1v) is 9.08. The van der Waals surface area contributed by atoms with Crippen LogP contribution in [-0.2, 0) is 0 Å². The number of aromatic amines is 1. The highest BCUT2D eigenvalue weighted by atomic mass is 19.1. The van der Waals surface area contributed by atoms with Gasteiger partial charge in [0.25, 0.3) is 0 Å². The number of nitrogens with one attached hydrogen (secondary N) is 3. The summed E-state index contributed by atoms with van der Waals surface area (Å²) in [4.78, 5) is 22.7. The van der Waals surface area contributed by atoms with Crippen LogP contribution in [0.15, 0.2) is 39.7 Å². The van der Waals surface area contributed by atoms with Crippen LogP contribution in [0.2, 0.25) is 0 Å². The van der Waals surface area contributed by atoms with Gasteiger partial charge in [0, 0.05) is 17.4 Å². The van der Waals surface area contributed by atoms with Crippen molar-refractivity contribution in [2.24, 2.45) is 0 Å². The SMILES string of the molecule is Cc1cnc(Nc2cc(C)c(C)c(C)c2F)nc1Nc1ccc2oc(=O)[nH]c2c1. The summed E-state index contributed by atoms with van der Waals surface area (Å²) in [6.07, 6.45) is 1.65. The van der Waals surface area contributed by atoms with Crippen LogP contribution in [0.3, 0.4) is 0 Å². The summed E-state index contributed by atoms with van der Waals surface area (Å²) in [5, 5.41) is 6.17. The maximum atomic E-state index is 14.6. The summed E-state index contributed by atoms with van der Waals surface area (Å²) in [5.41, 5.74) is 5.43. The number of anilines is 4. The molecule has 0 fully saturated rings. The van der Waals surface area contributed by atoms with E-state index in [2.05, 4.69) is 25.6 Å². The van der Waals surface area contributed by atoms with Crippen LogP contribution in [0.5, 0.6) is 0 Å². The Kier molecular flexibility index (Phi) is 4.54. The number of H-pyrrole nitrogens is 1. The molecular formula is C21H20FN5O2. The smallest absolute Gasteiger partial charge is 0.408 e. The van der Waals surface area contributed by atoms with Gasteiger partial charge in [-0.3, -0.25) is 4.98 Å². The molecule has 4 rings (SSSR count). The average Bonchev–Trinajstić information content (AvgIpc) is 3.06. The van der Waals surface area contributed by atoms with Crippen molar-refractivity contribution in [3.05, 3.63) is 69.1 Å². The second-order valence-corrected chi connectivity index (χ2v) is 7.01. The van der Waals surface area contributed by atoms with Gasteiger partial charge < -0.3 is 15.1 Å². The summed E-state index contributed by atoms with van der Waals surface area (Å²) in [6, 6.07) is 6.97. The van der Waals surface area contributed by atoms with Gasteiger partial charge in [0.1, 0.15) is 11.6 Å². The molecule has 0 saturated carbocycles. The zero-order chi connectivity index (χ0) is 20.7. The number of aromatic nitrogens is 3. The largest absolute Gasteiger partial charge is 0.417 e. The van der Waals surface area contributed by atoms with Crippen molar-refractivity contribution in [2.45, 2.75) is 27.7 Å². The number of nitrogens with zero attached hydrogens (tertiary/aromatic N) is 2. The molecule has 4 aromatic rings. The van der Waals surface area contributed by atoms with Gasteiger partial charge in [0.15, 0.2) is 5.58 Å². The van der Waals surface area contributed by atoms with Crippen molar-refractivity contribution >= 4 is 34.2 Å². The summed E-state index contributed by atoms with van der Waals surface area (Å²) in [7, 11) is 0. The van der Waals surface area contributed by atoms with Crippen LogP contribution < -0.4 is 16.4 Å². The van der Waals surface area contributed by atoms with Crippen LogP contribution in [0.1, 0.15) is 22.3 Å². The van der Waals surface area contributed by atoms with Gasteiger partial charge in [-0.1, -0.05) is 0 Å². The molecule has 0 bridgehead atoms. The molecule has 0 atom stereocenters. The Morgan fingerprint density at radius 1 is 1.03 bits per heavy atom. The van der Waals surface area contributed by atoms with Gasteiger partial charge in [-0.05, 0) is 68.7 Å². The summed E-state index contributed by atoms with van der Waals surface area (Å²) in [5.74, 6) is 0.0137. The van der Waals surface area contributed by atoms with Crippen molar-refractivity contribution in [1.82, 2.24) is 15.0 Å². The molecule has 2 heterocycles. The van der Waals surface area contributed by atoms with Crippen LogP contribution in [0.25, 0.3) is 11.1 Å². The fraction of sp³-hybridized carbons (Fsp3) is 0.190. The quantitative estimate of drug-likeness (QED) is 0.462. The van der Waals surface area contributed by atoms with Crippen molar-refractivity contribution in [1.29, 1.82) is 0 Å². The lowest BCUT2D eigenvalue weighted by atomic mass is 10.0. The molecule has 0 radical (unpaired) electrons. The number of halogens is 1. The maximum Gasteiger partial charge on any atom is 0.417 e. The number of oxazole rings is 1. The van der Waals surface area contributed by atoms with Crippen molar-refractivity contribution in [2.75, 3.05) is 10.6 Å². The van der Waals surface area contributed by atoms with Gasteiger partial charge in [-0.2, -0.15) is 4.98 Å². The van der Waals surface area contributed by atoms with E-state index < -0.39 is 5.76 Å². The molecule has 148 valence electrons. The summed E-state index contributed by atoms with van der Waals surface area (Å²) in [6.45, 7) is 7.45. The fourth-order valence-corrected chi connectivity index (χ4v) is 3.06. The van der Waals surface area contributed by atoms with Crippen molar-refractivity contribution in [3.63, 3.8) is 0 Å². The predicted molar refractivity (Wildman–Crippen MR) is 111 cm³/mol. The van der Waals surface area contributed by atoms with E-state index in [0.29, 0.717) is 28.2 Å². The molecule has 0 aliphatic rings. The number of aryl methyl sites for hydroxylation is 2. The van der Waals surface area contributed by atoms with Gasteiger partial charge in [-0.15, -0.1) is 0 Å². The monoisotopic (exact) mass is 393 g/mol. The second-order valence-electron chi connectivity index (χ2n) is 7.01. The van der Waals surface area contributed by atoms with E-state index in [0.717, 1.165) is 22.4 Å². The Balaban J connectivity index is 1.64. The first-order valence-electron chi connectivity index (χ1n) is 9.08. The second kappa shape index (κ2) is 7.05. The molecule has 29 heavy (non-hydrogen) atoms. The normalized spacial score (nSPS) is 11.1. The third-order valence-corrected chi connectivity index (χ3v) is 4.98. The first-order chi connectivity index (χ1) is 13.8. The Morgan fingerprint density at radius 3 is 2.62 bits per heavy atom. The van der Waals surface area contributed by atoms with Crippen molar-refractivity contribution < 1.29 is 8.81 Å². The Labute approximate surface area is 166 Å². The summed E-state index contributed by atoms with van der Waals surface area (Å²) >= 11 is 0. The first kappa shape index (κ1) is 18.7. The van der Waals surface area contributed by atoms with E-state index in [1.54, 1.807) is 37.4 Å². The highest BCUT2D eigenvalue weighted by Crippen LogP contribution is 2.27. The van der Waals surface area contributed by atoms with Crippen LogP contribution in [-0.4, -0.2) is 15.0 Å². The molecule has 7 nitrogen and oxygen atoms in total. The maximum absolute atomic E-state index is 14.6. The van der Waals surface area contributed by atoms with E-state index in [1.165, 1.54) is 0 Å². The highest BCUT2D eigenvalue weighted by molar-refractivity contribution is 5.78. The predicted octanol–water partition coefficient (Wildman–Crippen LogP) is 4.77. The lowest BCUT2D eigenvalue weighted by Gasteiger charge is -2.14. The zero-order valence-corrected chi connectivity index (χ0v) is 16.5. The Bertz CT molecular complexity index is 1290. The van der Waals surface area contributed by atoms with Gasteiger partial charge in [0.2, 0.25) is 5.95 Å². The third kappa shape index (κ3) is 3.56. The van der Waals surface area contributed by atoms with E-state index >= 15 is 0 Å². The van der Waals surface area contributed by atoms with Crippen LogP contribution >= 0.6 is 0 Å². The topological polar surface area (TPSA) is 95.8 Å². The zero-order valence-electron chi connectivity index (χ0n) is 16.5. The molecule has 0 saturated heterocycles. The molecule has 3 N–H and O–H groups in total. The molecular weight excluding hydrogens is 373 g/mol. The van der Waals surface area contributed by atoms with Gasteiger partial charge >= 0.3 is 5.76 Å². The molecule has 0 aliphatic heterocycles. The third-order valence-electron chi connectivity index (χ3n) is 4.98. The fourth-order valence-electron chi connectivity index (χ4n) is 3.06. The number of hydrogen-bond donors (Lipinski definition) is 3. The summed E-state index contributed by atoms with van der Waals surface area (Å²) < 4.78 is 19.6. The van der Waals surface area contributed by atoms with Crippen LogP contribution in [0, 0.1) is 33.5 Å². The van der Waals surface area contributed by atoms with E-state index in [9.17, 15) is 9.18 Å². The minimum absolute atomic E-state index is 0.275. The van der Waals surface area contributed by atoms with Crippen LogP contribution in [0.4, 0.5) is 27.5 Å². The van der Waals surface area contributed by atoms with Gasteiger partial charge in [0.05, 0.1) is 11.2 Å². The molecule has 8 heteroatoms. The lowest BCUT2D eigenvalue weighted by molar-refractivity contribution is 0.555. The number of hydrogen-bond acceptors (Lipinski definition) is 6. The minimum Gasteiger partial charge on any atom is -0.408 e. The molecule has 2 aromatic heterocycles. The molecule has 0 aliphatic carbocycles. The molecule has 0 unspecified atom stereocenters.